The second-order valence-electron chi connectivity index (χ2n) is 2.35. The topological polar surface area (TPSA) is 9.23 Å². The zero-order valence-electron chi connectivity index (χ0n) is 6.14. The summed E-state index contributed by atoms with van der Waals surface area (Å²) in [5.74, 6) is 0.973. The van der Waals surface area contributed by atoms with Crippen molar-refractivity contribution in [3.8, 4) is 5.75 Å². The van der Waals surface area contributed by atoms with Crippen LogP contribution in [0.4, 0.5) is 0 Å². The second kappa shape index (κ2) is 3.34. The monoisotopic (exact) mass is 211 g/mol. The Morgan fingerprint density at radius 1 is 1.20 bits per heavy atom. The molecular weight excluding hydrogens is 203 g/mol. The molecule has 0 aliphatic carbocycles. The molecular formula is C8H9OZr. The van der Waals surface area contributed by atoms with Crippen molar-refractivity contribution in [1.82, 2.24) is 0 Å². The van der Waals surface area contributed by atoms with Gasteiger partial charge in [0.2, 0.25) is 0 Å². The van der Waals surface area contributed by atoms with Gasteiger partial charge >= 0.3 is 76.9 Å². The molecule has 0 unspecified atom stereocenters. The molecule has 0 radical (unpaired) electrons. The SMILES string of the molecule is Cc1ccc([O][Zr])cc1C. The van der Waals surface area contributed by atoms with Gasteiger partial charge in [0, 0.05) is 0 Å². The van der Waals surface area contributed by atoms with E-state index in [0.717, 1.165) is 30.9 Å². The van der Waals surface area contributed by atoms with Gasteiger partial charge in [-0.2, -0.15) is 0 Å². The van der Waals surface area contributed by atoms with Crippen molar-refractivity contribution in [3.63, 3.8) is 0 Å². The van der Waals surface area contributed by atoms with Gasteiger partial charge in [0.1, 0.15) is 0 Å². The molecule has 1 nitrogen and oxygen atoms in total. The van der Waals surface area contributed by atoms with Crippen LogP contribution in [0.5, 0.6) is 5.75 Å². The first kappa shape index (κ1) is 8.00. The Morgan fingerprint density at radius 2 is 1.90 bits per heavy atom. The van der Waals surface area contributed by atoms with E-state index in [1.54, 1.807) is 0 Å². The number of benzene rings is 1. The third-order valence-electron chi connectivity index (χ3n) is 1.60. The van der Waals surface area contributed by atoms with Crippen molar-refractivity contribution >= 4 is 0 Å². The molecule has 1 aromatic carbocycles. The summed E-state index contributed by atoms with van der Waals surface area (Å²) in [5.41, 5.74) is 2.61. The van der Waals surface area contributed by atoms with E-state index in [1.165, 1.54) is 11.1 Å². The number of hydrogen-bond donors (Lipinski definition) is 0. The molecule has 0 saturated heterocycles. The summed E-state index contributed by atoms with van der Waals surface area (Å²) in [5, 5.41) is 0. The van der Waals surface area contributed by atoms with Crippen molar-refractivity contribution < 1.29 is 28.0 Å². The maximum absolute atomic E-state index is 5.14. The maximum atomic E-state index is 5.14. The predicted molar refractivity (Wildman–Crippen MR) is 36.5 cm³/mol. The van der Waals surface area contributed by atoms with E-state index in [1.807, 2.05) is 6.07 Å². The first-order valence-corrected chi connectivity index (χ1v) is 4.15. The molecule has 10 heavy (non-hydrogen) atoms. The van der Waals surface area contributed by atoms with Crippen LogP contribution < -0.4 is 2.81 Å². The third kappa shape index (κ3) is 1.70. The number of hydrogen-bond acceptors (Lipinski definition) is 1. The zero-order chi connectivity index (χ0) is 7.56. The molecule has 1 rings (SSSR count). The van der Waals surface area contributed by atoms with Crippen LogP contribution >= 0.6 is 0 Å². The summed E-state index contributed by atoms with van der Waals surface area (Å²) in [7, 11) is 0. The molecule has 0 aromatic heterocycles. The predicted octanol–water partition coefficient (Wildman–Crippen LogP) is 2.14. The van der Waals surface area contributed by atoms with Gasteiger partial charge in [-0.05, 0) is 0 Å². The molecule has 0 saturated carbocycles. The average Bonchev–Trinajstić information content (AvgIpc) is 1.95. The zero-order valence-corrected chi connectivity index (χ0v) is 8.60. The van der Waals surface area contributed by atoms with Crippen molar-refractivity contribution in [2.24, 2.45) is 0 Å². The number of aryl methyl sites for hydroxylation is 2. The van der Waals surface area contributed by atoms with E-state index in [0.29, 0.717) is 0 Å². The van der Waals surface area contributed by atoms with Gasteiger partial charge in [-0.25, -0.2) is 0 Å². The molecule has 0 aliphatic heterocycles. The van der Waals surface area contributed by atoms with Crippen LogP contribution in [0.3, 0.4) is 0 Å². The molecule has 0 atom stereocenters. The fraction of sp³-hybridized carbons (Fsp3) is 0.250. The Balaban J connectivity index is 3.04. The number of rotatable bonds is 1. The average molecular weight is 212 g/mol. The summed E-state index contributed by atoms with van der Waals surface area (Å²) < 4.78 is 5.14. The van der Waals surface area contributed by atoms with Crippen molar-refractivity contribution in [3.05, 3.63) is 29.3 Å². The van der Waals surface area contributed by atoms with Gasteiger partial charge in [-0.1, -0.05) is 0 Å². The molecule has 0 amide bonds. The molecule has 0 N–H and O–H groups in total. The van der Waals surface area contributed by atoms with Crippen LogP contribution in [0.2, 0.25) is 0 Å². The Labute approximate surface area is 76.9 Å². The van der Waals surface area contributed by atoms with E-state index >= 15 is 0 Å². The Hall–Kier alpha value is -0.0969. The Morgan fingerprint density at radius 3 is 2.40 bits per heavy atom. The van der Waals surface area contributed by atoms with Crippen LogP contribution in [-0.2, 0) is 25.2 Å². The van der Waals surface area contributed by atoms with Crippen molar-refractivity contribution in [2.45, 2.75) is 13.8 Å². The minimum atomic E-state index is 0.973. The van der Waals surface area contributed by atoms with E-state index < -0.39 is 0 Å². The molecule has 0 aliphatic rings. The fourth-order valence-electron chi connectivity index (χ4n) is 0.777. The van der Waals surface area contributed by atoms with E-state index in [9.17, 15) is 0 Å². The minimum absolute atomic E-state index is 0.973. The van der Waals surface area contributed by atoms with Gasteiger partial charge in [0.25, 0.3) is 0 Å². The van der Waals surface area contributed by atoms with E-state index in [2.05, 4.69) is 26.0 Å². The van der Waals surface area contributed by atoms with Gasteiger partial charge in [0.05, 0.1) is 0 Å². The Bertz CT molecular complexity index is 233. The summed E-state index contributed by atoms with van der Waals surface area (Å²) in [6, 6.07) is 6.13. The first-order valence-electron chi connectivity index (χ1n) is 3.15. The summed E-state index contributed by atoms with van der Waals surface area (Å²) >= 11 is 1.09. The molecule has 0 fully saturated rings. The normalized spacial score (nSPS) is 9.30. The van der Waals surface area contributed by atoms with Gasteiger partial charge < -0.3 is 0 Å². The Kier molecular flexibility index (Phi) is 2.67. The molecule has 51 valence electrons. The van der Waals surface area contributed by atoms with E-state index in [-0.39, 0.29) is 0 Å². The van der Waals surface area contributed by atoms with E-state index in [4.69, 9.17) is 2.81 Å². The molecule has 0 heterocycles. The van der Waals surface area contributed by atoms with Crippen LogP contribution in [0.25, 0.3) is 0 Å². The third-order valence-corrected chi connectivity index (χ3v) is 2.18. The summed E-state index contributed by atoms with van der Waals surface area (Å²) in [6.45, 7) is 4.19. The van der Waals surface area contributed by atoms with Crippen LogP contribution in [0, 0.1) is 13.8 Å². The second-order valence-corrected chi connectivity index (χ2v) is 2.85. The molecule has 2 heteroatoms. The van der Waals surface area contributed by atoms with Crippen LogP contribution in [0.15, 0.2) is 18.2 Å². The van der Waals surface area contributed by atoms with Crippen molar-refractivity contribution in [1.29, 1.82) is 0 Å². The van der Waals surface area contributed by atoms with Gasteiger partial charge in [-0.3, -0.25) is 0 Å². The fourth-order valence-corrected chi connectivity index (χ4v) is 1.09. The van der Waals surface area contributed by atoms with Crippen LogP contribution in [0.1, 0.15) is 11.1 Å². The molecule has 0 bridgehead atoms. The van der Waals surface area contributed by atoms with Crippen molar-refractivity contribution in [2.75, 3.05) is 0 Å². The van der Waals surface area contributed by atoms with Gasteiger partial charge in [0.15, 0.2) is 0 Å². The summed E-state index contributed by atoms with van der Waals surface area (Å²) in [6.07, 6.45) is 0. The van der Waals surface area contributed by atoms with Gasteiger partial charge in [-0.15, -0.1) is 0 Å². The molecule has 0 spiro atoms. The first-order chi connectivity index (χ1) is 4.74. The summed E-state index contributed by atoms with van der Waals surface area (Å²) in [4.78, 5) is 0. The standard InChI is InChI=1S/C8H10O.Zr/c1-6-3-4-8(9)5-7(6)2;/h3-5,9H,1-2H3;/q;+1/p-1. The van der Waals surface area contributed by atoms with Crippen LogP contribution in [-0.4, -0.2) is 0 Å². The molecule has 1 aromatic rings. The quantitative estimate of drug-likeness (QED) is 0.693.